The fraction of sp³-hybridized carbons (Fsp3) is 0.412. The Morgan fingerprint density at radius 3 is 2.58 bits per heavy atom. The van der Waals surface area contributed by atoms with E-state index in [1.807, 2.05) is 6.92 Å². The van der Waals surface area contributed by atoms with Gasteiger partial charge in [0.1, 0.15) is 5.82 Å². The average molecular weight is 334 g/mol. The molecule has 0 spiro atoms. The Balaban J connectivity index is 2.03. The van der Waals surface area contributed by atoms with Crippen molar-refractivity contribution in [2.75, 3.05) is 33.4 Å². The second kappa shape index (κ2) is 8.56. The first-order valence-corrected chi connectivity index (χ1v) is 7.84. The highest BCUT2D eigenvalue weighted by Gasteiger charge is 2.19. The van der Waals surface area contributed by atoms with Gasteiger partial charge in [-0.05, 0) is 38.1 Å². The lowest BCUT2D eigenvalue weighted by atomic mass is 10.2. The third-order valence-electron chi connectivity index (χ3n) is 3.66. The second-order valence-corrected chi connectivity index (χ2v) is 5.43. The Morgan fingerprint density at radius 1 is 1.21 bits per heavy atom. The van der Waals surface area contributed by atoms with Gasteiger partial charge in [0, 0.05) is 26.7 Å². The zero-order valence-corrected chi connectivity index (χ0v) is 14.2. The van der Waals surface area contributed by atoms with Crippen LogP contribution in [-0.4, -0.2) is 49.0 Å². The molecule has 2 rings (SSSR count). The van der Waals surface area contributed by atoms with E-state index in [0.29, 0.717) is 31.0 Å². The van der Waals surface area contributed by atoms with Crippen molar-refractivity contribution in [1.82, 2.24) is 20.4 Å². The van der Waals surface area contributed by atoms with Crippen LogP contribution in [0.3, 0.4) is 0 Å². The third-order valence-corrected chi connectivity index (χ3v) is 3.66. The van der Waals surface area contributed by atoms with Crippen molar-refractivity contribution in [3.63, 3.8) is 0 Å². The molecule has 7 heteroatoms. The molecule has 2 aromatic rings. The van der Waals surface area contributed by atoms with Crippen LogP contribution in [0, 0.1) is 19.7 Å². The SMILES string of the molecule is COCCNCCNC(=O)c1c(C)nn(-c2ccc(F)cc2)c1C. The van der Waals surface area contributed by atoms with Gasteiger partial charge in [0.15, 0.2) is 0 Å². The summed E-state index contributed by atoms with van der Waals surface area (Å²) in [6.07, 6.45) is 0. The number of nitrogens with zero attached hydrogens (tertiary/aromatic N) is 2. The molecule has 130 valence electrons. The van der Waals surface area contributed by atoms with Crippen LogP contribution in [0.4, 0.5) is 4.39 Å². The lowest BCUT2D eigenvalue weighted by molar-refractivity contribution is 0.0952. The Morgan fingerprint density at radius 2 is 1.92 bits per heavy atom. The van der Waals surface area contributed by atoms with Gasteiger partial charge in [-0.25, -0.2) is 9.07 Å². The van der Waals surface area contributed by atoms with Crippen LogP contribution >= 0.6 is 0 Å². The van der Waals surface area contributed by atoms with Gasteiger partial charge in [-0.3, -0.25) is 4.79 Å². The number of hydrogen-bond acceptors (Lipinski definition) is 4. The zero-order valence-electron chi connectivity index (χ0n) is 14.2. The molecule has 6 nitrogen and oxygen atoms in total. The topological polar surface area (TPSA) is 68.2 Å². The van der Waals surface area contributed by atoms with Crippen molar-refractivity contribution in [3.8, 4) is 5.69 Å². The van der Waals surface area contributed by atoms with Gasteiger partial charge in [0.2, 0.25) is 0 Å². The molecule has 0 aliphatic heterocycles. The van der Waals surface area contributed by atoms with E-state index in [9.17, 15) is 9.18 Å². The standard InChI is InChI=1S/C17H23FN4O2/c1-12-16(17(23)20-9-8-19-10-11-24-3)13(2)22(21-12)15-6-4-14(18)5-7-15/h4-7,19H,8-11H2,1-3H3,(H,20,23). The molecule has 0 unspecified atom stereocenters. The fourth-order valence-corrected chi connectivity index (χ4v) is 2.46. The van der Waals surface area contributed by atoms with E-state index < -0.39 is 0 Å². The smallest absolute Gasteiger partial charge is 0.255 e. The first-order valence-electron chi connectivity index (χ1n) is 7.84. The van der Waals surface area contributed by atoms with Crippen LogP contribution in [0.2, 0.25) is 0 Å². The number of aryl methyl sites for hydroxylation is 1. The van der Waals surface area contributed by atoms with E-state index in [1.54, 1.807) is 30.8 Å². The van der Waals surface area contributed by atoms with E-state index in [1.165, 1.54) is 12.1 Å². The molecule has 0 atom stereocenters. The predicted molar refractivity (Wildman–Crippen MR) is 90.1 cm³/mol. The highest BCUT2D eigenvalue weighted by atomic mass is 19.1. The predicted octanol–water partition coefficient (Wildman–Crippen LogP) is 1.59. The van der Waals surface area contributed by atoms with Crippen molar-refractivity contribution in [3.05, 3.63) is 47.0 Å². The molecule has 1 amide bonds. The highest BCUT2D eigenvalue weighted by molar-refractivity contribution is 5.96. The molecule has 0 saturated heterocycles. The number of carbonyl (C=O) groups excluding carboxylic acids is 1. The summed E-state index contributed by atoms with van der Waals surface area (Å²) in [6.45, 7) is 6.18. The first kappa shape index (κ1) is 18.1. The second-order valence-electron chi connectivity index (χ2n) is 5.43. The minimum absolute atomic E-state index is 0.160. The van der Waals surface area contributed by atoms with Crippen LogP contribution in [0.25, 0.3) is 5.69 Å². The number of rotatable bonds is 8. The summed E-state index contributed by atoms with van der Waals surface area (Å²) in [5.41, 5.74) is 2.64. The van der Waals surface area contributed by atoms with Crippen LogP contribution in [0.1, 0.15) is 21.7 Å². The first-order chi connectivity index (χ1) is 11.5. The molecule has 0 saturated carbocycles. The number of hydrogen-bond donors (Lipinski definition) is 2. The largest absolute Gasteiger partial charge is 0.383 e. The number of ether oxygens (including phenoxy) is 1. The Labute approximate surface area is 141 Å². The van der Waals surface area contributed by atoms with Gasteiger partial charge in [-0.15, -0.1) is 0 Å². The zero-order chi connectivity index (χ0) is 17.5. The van der Waals surface area contributed by atoms with Crippen molar-refractivity contribution in [2.24, 2.45) is 0 Å². The molecule has 2 N–H and O–H groups in total. The molecular formula is C17H23FN4O2. The number of carbonyl (C=O) groups is 1. The molecule has 1 heterocycles. The summed E-state index contributed by atoms with van der Waals surface area (Å²) in [4.78, 5) is 12.4. The molecule has 1 aromatic carbocycles. The summed E-state index contributed by atoms with van der Waals surface area (Å²) in [5, 5.41) is 10.4. The van der Waals surface area contributed by atoms with Crippen LogP contribution in [0.15, 0.2) is 24.3 Å². The number of aromatic nitrogens is 2. The van der Waals surface area contributed by atoms with Gasteiger partial charge in [0.25, 0.3) is 5.91 Å². The lowest BCUT2D eigenvalue weighted by Crippen LogP contribution is -2.33. The summed E-state index contributed by atoms with van der Waals surface area (Å²) < 4.78 is 19.7. The molecule has 24 heavy (non-hydrogen) atoms. The van der Waals surface area contributed by atoms with Crippen LogP contribution in [0.5, 0.6) is 0 Å². The Kier molecular flexibility index (Phi) is 6.45. The minimum atomic E-state index is -0.306. The van der Waals surface area contributed by atoms with Gasteiger partial charge < -0.3 is 15.4 Å². The lowest BCUT2D eigenvalue weighted by Gasteiger charge is -2.08. The summed E-state index contributed by atoms with van der Waals surface area (Å²) in [5.74, 6) is -0.467. The summed E-state index contributed by atoms with van der Waals surface area (Å²) in [7, 11) is 1.65. The van der Waals surface area contributed by atoms with Crippen molar-refractivity contribution in [2.45, 2.75) is 13.8 Å². The van der Waals surface area contributed by atoms with E-state index in [-0.39, 0.29) is 11.7 Å². The van der Waals surface area contributed by atoms with Gasteiger partial charge in [-0.1, -0.05) is 0 Å². The molecule has 0 fully saturated rings. The van der Waals surface area contributed by atoms with Gasteiger partial charge >= 0.3 is 0 Å². The third kappa shape index (κ3) is 4.39. The Hall–Kier alpha value is -2.25. The maximum absolute atomic E-state index is 13.1. The van der Waals surface area contributed by atoms with Crippen molar-refractivity contribution < 1.29 is 13.9 Å². The maximum atomic E-state index is 13.1. The van der Waals surface area contributed by atoms with Crippen molar-refractivity contribution >= 4 is 5.91 Å². The number of halogens is 1. The number of nitrogens with one attached hydrogen (secondary N) is 2. The number of amides is 1. The van der Waals surface area contributed by atoms with Crippen LogP contribution in [-0.2, 0) is 4.74 Å². The van der Waals surface area contributed by atoms with Gasteiger partial charge in [0.05, 0.1) is 29.2 Å². The molecule has 0 bridgehead atoms. The van der Waals surface area contributed by atoms with E-state index in [2.05, 4.69) is 15.7 Å². The summed E-state index contributed by atoms with van der Waals surface area (Å²) in [6, 6.07) is 6.01. The molecular weight excluding hydrogens is 311 g/mol. The number of benzene rings is 1. The van der Waals surface area contributed by atoms with Gasteiger partial charge in [-0.2, -0.15) is 5.10 Å². The average Bonchev–Trinajstić information content (AvgIpc) is 2.86. The number of methoxy groups -OCH3 is 1. The molecule has 0 aliphatic rings. The monoisotopic (exact) mass is 334 g/mol. The normalized spacial score (nSPS) is 10.8. The molecule has 1 aromatic heterocycles. The van der Waals surface area contributed by atoms with Crippen molar-refractivity contribution in [1.29, 1.82) is 0 Å². The molecule has 0 radical (unpaired) electrons. The highest BCUT2D eigenvalue weighted by Crippen LogP contribution is 2.18. The molecule has 0 aliphatic carbocycles. The van der Waals surface area contributed by atoms with E-state index in [0.717, 1.165) is 17.9 Å². The summed E-state index contributed by atoms with van der Waals surface area (Å²) >= 11 is 0. The van der Waals surface area contributed by atoms with E-state index >= 15 is 0 Å². The van der Waals surface area contributed by atoms with E-state index in [4.69, 9.17) is 4.74 Å². The van der Waals surface area contributed by atoms with Crippen LogP contribution < -0.4 is 10.6 Å². The maximum Gasteiger partial charge on any atom is 0.255 e. The fourth-order valence-electron chi connectivity index (χ4n) is 2.46. The Bertz CT molecular complexity index is 683. The quantitative estimate of drug-likeness (QED) is 0.720. The minimum Gasteiger partial charge on any atom is -0.383 e.